The molecule has 1 aliphatic heterocycles. The second kappa shape index (κ2) is 6.94. The molecule has 0 bridgehead atoms. The number of aryl methyl sites for hydroxylation is 1. The minimum Gasteiger partial charge on any atom is -0.342 e. The van der Waals surface area contributed by atoms with E-state index in [0.29, 0.717) is 16.6 Å². The molecular formula is C16H21ClN2O2. The summed E-state index contributed by atoms with van der Waals surface area (Å²) in [6, 6.07) is 5.31. The Kier molecular flexibility index (Phi) is 5.23. The van der Waals surface area contributed by atoms with Crippen LogP contribution in [0.25, 0.3) is 0 Å². The van der Waals surface area contributed by atoms with Crippen LogP contribution < -0.4 is 5.32 Å². The predicted octanol–water partition coefficient (Wildman–Crippen LogP) is 3.24. The largest absolute Gasteiger partial charge is 0.342 e. The van der Waals surface area contributed by atoms with Crippen molar-refractivity contribution < 1.29 is 9.59 Å². The molecule has 1 unspecified atom stereocenters. The van der Waals surface area contributed by atoms with E-state index in [0.717, 1.165) is 31.5 Å². The fourth-order valence-corrected chi connectivity index (χ4v) is 2.76. The molecule has 1 heterocycles. The van der Waals surface area contributed by atoms with Crippen LogP contribution in [0.15, 0.2) is 18.2 Å². The molecule has 0 aliphatic carbocycles. The van der Waals surface area contributed by atoms with Gasteiger partial charge in [0.2, 0.25) is 11.8 Å². The monoisotopic (exact) mass is 308 g/mol. The van der Waals surface area contributed by atoms with Crippen molar-refractivity contribution in [2.45, 2.75) is 33.1 Å². The summed E-state index contributed by atoms with van der Waals surface area (Å²) < 4.78 is 0. The summed E-state index contributed by atoms with van der Waals surface area (Å²) in [6.45, 7) is 5.53. The van der Waals surface area contributed by atoms with Crippen molar-refractivity contribution in [2.75, 3.05) is 18.4 Å². The number of hydrogen-bond acceptors (Lipinski definition) is 2. The molecule has 2 amide bonds. The van der Waals surface area contributed by atoms with Crippen LogP contribution in [0, 0.1) is 12.8 Å². The Bertz CT molecular complexity index is 545. The second-order valence-electron chi connectivity index (χ2n) is 5.77. The first-order chi connectivity index (χ1) is 9.95. The molecule has 1 aliphatic rings. The molecule has 0 radical (unpaired) electrons. The zero-order valence-corrected chi connectivity index (χ0v) is 13.2. The second-order valence-corrected chi connectivity index (χ2v) is 6.21. The van der Waals surface area contributed by atoms with E-state index in [-0.39, 0.29) is 18.2 Å². The van der Waals surface area contributed by atoms with Gasteiger partial charge in [0.1, 0.15) is 6.42 Å². The summed E-state index contributed by atoms with van der Waals surface area (Å²) in [5.41, 5.74) is 1.58. The first-order valence-corrected chi connectivity index (χ1v) is 7.67. The normalized spacial score (nSPS) is 18.4. The molecule has 0 saturated carbocycles. The Labute approximate surface area is 130 Å². The smallest absolute Gasteiger partial charge is 0.233 e. The molecule has 1 atom stereocenters. The number of benzene rings is 1. The zero-order valence-electron chi connectivity index (χ0n) is 12.5. The Morgan fingerprint density at radius 3 is 2.90 bits per heavy atom. The lowest BCUT2D eigenvalue weighted by Crippen LogP contribution is -2.40. The van der Waals surface area contributed by atoms with Gasteiger partial charge in [0.15, 0.2) is 0 Å². The quantitative estimate of drug-likeness (QED) is 0.872. The first-order valence-electron chi connectivity index (χ1n) is 7.29. The Morgan fingerprint density at radius 2 is 2.19 bits per heavy atom. The van der Waals surface area contributed by atoms with Crippen molar-refractivity contribution in [1.29, 1.82) is 0 Å². The fourth-order valence-electron chi connectivity index (χ4n) is 2.59. The van der Waals surface area contributed by atoms with E-state index in [1.165, 1.54) is 0 Å². The predicted molar refractivity (Wildman–Crippen MR) is 84.4 cm³/mol. The van der Waals surface area contributed by atoms with E-state index < -0.39 is 0 Å². The highest BCUT2D eigenvalue weighted by molar-refractivity contribution is 6.31. The SMILES string of the molecule is Cc1ccc(Cl)cc1NC(=O)CC(=O)N1CCCC(C)C1. The molecule has 21 heavy (non-hydrogen) atoms. The highest BCUT2D eigenvalue weighted by Crippen LogP contribution is 2.21. The van der Waals surface area contributed by atoms with Gasteiger partial charge in [-0.25, -0.2) is 0 Å². The van der Waals surface area contributed by atoms with Crippen LogP contribution in [0.3, 0.4) is 0 Å². The third-order valence-corrected chi connectivity index (χ3v) is 4.03. The summed E-state index contributed by atoms with van der Waals surface area (Å²) in [6.07, 6.45) is 2.05. The molecule has 114 valence electrons. The molecule has 1 N–H and O–H groups in total. The minimum absolute atomic E-state index is 0.0984. The van der Waals surface area contributed by atoms with Gasteiger partial charge >= 0.3 is 0 Å². The maximum atomic E-state index is 12.1. The highest BCUT2D eigenvalue weighted by atomic mass is 35.5. The maximum Gasteiger partial charge on any atom is 0.233 e. The number of piperidine rings is 1. The lowest BCUT2D eigenvalue weighted by molar-refractivity contribution is -0.136. The molecule has 1 aromatic rings. The van der Waals surface area contributed by atoms with Gasteiger partial charge in [0.05, 0.1) is 0 Å². The summed E-state index contributed by atoms with van der Waals surface area (Å²) in [5, 5.41) is 3.32. The molecule has 1 saturated heterocycles. The van der Waals surface area contributed by atoms with Crippen molar-refractivity contribution in [3.63, 3.8) is 0 Å². The van der Waals surface area contributed by atoms with Gasteiger partial charge in [-0.1, -0.05) is 24.6 Å². The lowest BCUT2D eigenvalue weighted by Gasteiger charge is -2.30. The van der Waals surface area contributed by atoms with Crippen LogP contribution in [-0.2, 0) is 9.59 Å². The van der Waals surface area contributed by atoms with Crippen LogP contribution in [0.4, 0.5) is 5.69 Å². The number of rotatable bonds is 3. The van der Waals surface area contributed by atoms with Gasteiger partial charge in [-0.05, 0) is 43.4 Å². The number of amides is 2. The van der Waals surface area contributed by atoms with Gasteiger partial charge in [0, 0.05) is 23.8 Å². The standard InChI is InChI=1S/C16H21ClN2O2/c1-11-4-3-7-19(10-11)16(21)9-15(20)18-14-8-13(17)6-5-12(14)2/h5-6,8,11H,3-4,7,9-10H2,1-2H3,(H,18,20). The van der Waals surface area contributed by atoms with Crippen molar-refractivity contribution in [2.24, 2.45) is 5.92 Å². The Balaban J connectivity index is 1.92. The van der Waals surface area contributed by atoms with Gasteiger partial charge in [0.25, 0.3) is 0 Å². The van der Waals surface area contributed by atoms with Crippen LogP contribution in [-0.4, -0.2) is 29.8 Å². The van der Waals surface area contributed by atoms with E-state index in [9.17, 15) is 9.59 Å². The van der Waals surface area contributed by atoms with Crippen LogP contribution in [0.5, 0.6) is 0 Å². The summed E-state index contributed by atoms with van der Waals surface area (Å²) >= 11 is 5.92. The molecule has 0 aromatic heterocycles. The summed E-state index contributed by atoms with van der Waals surface area (Å²) in [5.74, 6) is 0.128. The Morgan fingerprint density at radius 1 is 1.43 bits per heavy atom. The lowest BCUT2D eigenvalue weighted by atomic mass is 10.00. The number of nitrogens with one attached hydrogen (secondary N) is 1. The number of hydrogen-bond donors (Lipinski definition) is 1. The number of carbonyl (C=O) groups excluding carboxylic acids is 2. The molecular weight excluding hydrogens is 288 g/mol. The first kappa shape index (κ1) is 15.8. The van der Waals surface area contributed by atoms with Crippen molar-refractivity contribution in [1.82, 2.24) is 4.90 Å². The van der Waals surface area contributed by atoms with E-state index in [1.807, 2.05) is 13.0 Å². The number of nitrogens with zero attached hydrogens (tertiary/aromatic N) is 1. The molecule has 1 fully saturated rings. The van der Waals surface area contributed by atoms with Crippen molar-refractivity contribution >= 4 is 29.1 Å². The van der Waals surface area contributed by atoms with Crippen LogP contribution in [0.1, 0.15) is 31.7 Å². The molecule has 0 spiro atoms. The Hall–Kier alpha value is -1.55. The highest BCUT2D eigenvalue weighted by Gasteiger charge is 2.22. The van der Waals surface area contributed by atoms with Crippen molar-refractivity contribution in [3.05, 3.63) is 28.8 Å². The number of halogens is 1. The third kappa shape index (κ3) is 4.46. The summed E-state index contributed by atoms with van der Waals surface area (Å²) in [7, 11) is 0. The number of likely N-dealkylation sites (tertiary alicyclic amines) is 1. The van der Waals surface area contributed by atoms with Crippen LogP contribution in [0.2, 0.25) is 5.02 Å². The molecule has 5 heteroatoms. The third-order valence-electron chi connectivity index (χ3n) is 3.80. The zero-order chi connectivity index (χ0) is 15.4. The average molecular weight is 309 g/mol. The average Bonchev–Trinajstić information content (AvgIpc) is 2.42. The molecule has 4 nitrogen and oxygen atoms in total. The summed E-state index contributed by atoms with van der Waals surface area (Å²) in [4.78, 5) is 25.9. The van der Waals surface area contributed by atoms with E-state index >= 15 is 0 Å². The van der Waals surface area contributed by atoms with Crippen LogP contribution >= 0.6 is 11.6 Å². The van der Waals surface area contributed by atoms with Gasteiger partial charge < -0.3 is 10.2 Å². The van der Waals surface area contributed by atoms with Gasteiger partial charge in [-0.2, -0.15) is 0 Å². The minimum atomic E-state index is -0.288. The fraction of sp³-hybridized carbons (Fsp3) is 0.500. The molecule has 2 rings (SSSR count). The molecule has 1 aromatic carbocycles. The maximum absolute atomic E-state index is 12.1. The van der Waals surface area contributed by atoms with E-state index in [1.54, 1.807) is 17.0 Å². The number of anilines is 1. The topological polar surface area (TPSA) is 49.4 Å². The number of carbonyl (C=O) groups is 2. The van der Waals surface area contributed by atoms with E-state index in [4.69, 9.17) is 11.6 Å². The van der Waals surface area contributed by atoms with Crippen molar-refractivity contribution in [3.8, 4) is 0 Å². The van der Waals surface area contributed by atoms with Gasteiger partial charge in [-0.3, -0.25) is 9.59 Å². The van der Waals surface area contributed by atoms with Gasteiger partial charge in [-0.15, -0.1) is 0 Å². The van der Waals surface area contributed by atoms with E-state index in [2.05, 4.69) is 12.2 Å².